The molecule has 0 heterocycles. The van der Waals surface area contributed by atoms with Gasteiger partial charge in [0, 0.05) is 18.3 Å². The lowest BCUT2D eigenvalue weighted by Gasteiger charge is -2.27. The molecular formula is C25H25F3N2O3. The number of hydrogen-bond acceptors (Lipinski definition) is 4. The molecule has 0 saturated heterocycles. The summed E-state index contributed by atoms with van der Waals surface area (Å²) in [7, 11) is 3.00. The maximum atomic E-state index is 13.4. The Balaban J connectivity index is 1.89. The average molecular weight is 458 g/mol. The van der Waals surface area contributed by atoms with Gasteiger partial charge >= 0.3 is 6.18 Å². The number of halogens is 3. The second-order valence-electron chi connectivity index (χ2n) is 7.36. The minimum absolute atomic E-state index is 0.209. The molecule has 0 radical (unpaired) electrons. The fourth-order valence-corrected chi connectivity index (χ4v) is 3.43. The Morgan fingerprint density at radius 1 is 0.939 bits per heavy atom. The zero-order valence-electron chi connectivity index (χ0n) is 18.3. The molecule has 0 fully saturated rings. The predicted octanol–water partition coefficient (Wildman–Crippen LogP) is 5.00. The molecule has 3 rings (SSSR count). The maximum absolute atomic E-state index is 13.4. The number of anilines is 1. The molecule has 0 aromatic heterocycles. The SMILES string of the molecule is COc1ccc(N(CCc2ccc(C(F)(F)F)cc2)C(=O)C(N)c2ccccc2)cc1OC. The van der Waals surface area contributed by atoms with Gasteiger partial charge in [-0.15, -0.1) is 0 Å². The first kappa shape index (κ1) is 24.1. The molecule has 0 aliphatic heterocycles. The highest BCUT2D eigenvalue weighted by Gasteiger charge is 2.30. The van der Waals surface area contributed by atoms with Crippen molar-refractivity contribution in [1.29, 1.82) is 0 Å². The van der Waals surface area contributed by atoms with Gasteiger partial charge in [-0.2, -0.15) is 13.2 Å². The summed E-state index contributed by atoms with van der Waals surface area (Å²) in [5.74, 6) is 0.597. The zero-order chi connectivity index (χ0) is 24.0. The fourth-order valence-electron chi connectivity index (χ4n) is 3.43. The van der Waals surface area contributed by atoms with Crippen molar-refractivity contribution in [2.24, 2.45) is 5.73 Å². The van der Waals surface area contributed by atoms with Crippen LogP contribution in [0, 0.1) is 0 Å². The van der Waals surface area contributed by atoms with E-state index < -0.39 is 17.8 Å². The van der Waals surface area contributed by atoms with Crippen LogP contribution in [0.4, 0.5) is 18.9 Å². The van der Waals surface area contributed by atoms with Crippen LogP contribution in [0.25, 0.3) is 0 Å². The Morgan fingerprint density at radius 3 is 2.15 bits per heavy atom. The van der Waals surface area contributed by atoms with E-state index in [4.69, 9.17) is 15.2 Å². The normalized spacial score (nSPS) is 12.2. The lowest BCUT2D eigenvalue weighted by molar-refractivity contribution is -0.137. The van der Waals surface area contributed by atoms with Crippen molar-refractivity contribution in [2.45, 2.75) is 18.6 Å². The summed E-state index contributed by atoms with van der Waals surface area (Å²) >= 11 is 0. The highest BCUT2D eigenvalue weighted by Crippen LogP contribution is 2.33. The van der Waals surface area contributed by atoms with E-state index in [2.05, 4.69) is 0 Å². The first-order chi connectivity index (χ1) is 15.7. The molecule has 3 aromatic rings. The molecule has 1 amide bonds. The number of carbonyl (C=O) groups is 1. The molecule has 1 unspecified atom stereocenters. The Hall–Kier alpha value is -3.52. The molecule has 0 spiro atoms. The number of methoxy groups -OCH3 is 2. The Morgan fingerprint density at radius 2 is 1.58 bits per heavy atom. The van der Waals surface area contributed by atoms with Crippen LogP contribution in [0.2, 0.25) is 0 Å². The first-order valence-corrected chi connectivity index (χ1v) is 10.2. The molecule has 33 heavy (non-hydrogen) atoms. The molecule has 5 nitrogen and oxygen atoms in total. The second kappa shape index (κ2) is 10.4. The Kier molecular flexibility index (Phi) is 7.60. The van der Waals surface area contributed by atoms with Crippen molar-refractivity contribution >= 4 is 11.6 Å². The van der Waals surface area contributed by atoms with Crippen LogP contribution in [-0.2, 0) is 17.4 Å². The lowest BCUT2D eigenvalue weighted by Crippen LogP contribution is -2.40. The average Bonchev–Trinajstić information content (AvgIpc) is 2.83. The van der Waals surface area contributed by atoms with Gasteiger partial charge in [0.2, 0.25) is 5.91 Å². The third kappa shape index (κ3) is 5.84. The van der Waals surface area contributed by atoms with E-state index in [1.807, 2.05) is 6.07 Å². The number of ether oxygens (including phenoxy) is 2. The molecule has 0 aliphatic carbocycles. The Labute approximate surface area is 190 Å². The number of amides is 1. The molecule has 1 atom stereocenters. The van der Waals surface area contributed by atoms with E-state index in [0.29, 0.717) is 34.7 Å². The van der Waals surface area contributed by atoms with Crippen molar-refractivity contribution in [3.05, 3.63) is 89.5 Å². The predicted molar refractivity (Wildman–Crippen MR) is 120 cm³/mol. The number of carbonyl (C=O) groups excluding carboxylic acids is 1. The number of rotatable bonds is 8. The van der Waals surface area contributed by atoms with E-state index >= 15 is 0 Å². The van der Waals surface area contributed by atoms with E-state index in [1.54, 1.807) is 42.5 Å². The summed E-state index contributed by atoms with van der Waals surface area (Å²) in [5, 5.41) is 0. The number of benzene rings is 3. The lowest BCUT2D eigenvalue weighted by atomic mass is 10.0. The highest BCUT2D eigenvalue weighted by molar-refractivity contribution is 5.98. The van der Waals surface area contributed by atoms with E-state index in [-0.39, 0.29) is 12.5 Å². The van der Waals surface area contributed by atoms with Gasteiger partial charge in [0.1, 0.15) is 6.04 Å². The fraction of sp³-hybridized carbons (Fsp3) is 0.240. The standard InChI is InChI=1S/C25H25F3N2O3/c1-32-21-13-12-20(16-22(21)33-2)30(24(31)23(29)18-6-4-3-5-7-18)15-14-17-8-10-19(11-9-17)25(26,27)28/h3-13,16,23H,14-15,29H2,1-2H3. The number of alkyl halides is 3. The molecule has 2 N–H and O–H groups in total. The van der Waals surface area contributed by atoms with Crippen LogP contribution in [-0.4, -0.2) is 26.7 Å². The molecular weight excluding hydrogens is 433 g/mol. The van der Waals surface area contributed by atoms with Crippen molar-refractivity contribution in [1.82, 2.24) is 0 Å². The second-order valence-corrected chi connectivity index (χ2v) is 7.36. The smallest absolute Gasteiger partial charge is 0.416 e. The van der Waals surface area contributed by atoms with Crippen molar-refractivity contribution in [3.8, 4) is 11.5 Å². The van der Waals surface area contributed by atoms with Crippen molar-refractivity contribution in [3.63, 3.8) is 0 Å². The molecule has 3 aromatic carbocycles. The van der Waals surface area contributed by atoms with Crippen LogP contribution in [0.3, 0.4) is 0 Å². The van der Waals surface area contributed by atoms with Gasteiger partial charge < -0.3 is 20.1 Å². The van der Waals surface area contributed by atoms with Gasteiger partial charge in [-0.1, -0.05) is 42.5 Å². The minimum Gasteiger partial charge on any atom is -0.493 e. The largest absolute Gasteiger partial charge is 0.493 e. The summed E-state index contributed by atoms with van der Waals surface area (Å²) in [6.45, 7) is 0.209. The van der Waals surface area contributed by atoms with Crippen LogP contribution >= 0.6 is 0 Å². The van der Waals surface area contributed by atoms with E-state index in [1.165, 1.54) is 31.3 Å². The van der Waals surface area contributed by atoms with Gasteiger partial charge in [0.15, 0.2) is 11.5 Å². The molecule has 8 heteroatoms. The van der Waals surface area contributed by atoms with Gasteiger partial charge in [-0.05, 0) is 41.8 Å². The number of nitrogens with two attached hydrogens (primary N) is 1. The van der Waals surface area contributed by atoms with E-state index in [9.17, 15) is 18.0 Å². The minimum atomic E-state index is -4.40. The van der Waals surface area contributed by atoms with Crippen LogP contribution in [0.1, 0.15) is 22.7 Å². The van der Waals surface area contributed by atoms with Gasteiger partial charge in [-0.3, -0.25) is 4.79 Å². The molecule has 0 bridgehead atoms. The monoisotopic (exact) mass is 458 g/mol. The highest BCUT2D eigenvalue weighted by atomic mass is 19.4. The Bertz CT molecular complexity index is 1070. The summed E-state index contributed by atoms with van der Waals surface area (Å²) < 4.78 is 49.2. The topological polar surface area (TPSA) is 64.8 Å². The van der Waals surface area contributed by atoms with Crippen molar-refractivity contribution < 1.29 is 27.4 Å². The van der Waals surface area contributed by atoms with Gasteiger partial charge in [-0.25, -0.2) is 0 Å². The summed E-state index contributed by atoms with van der Waals surface area (Å²) in [6, 6.07) is 18.0. The van der Waals surface area contributed by atoms with Crippen LogP contribution in [0.5, 0.6) is 11.5 Å². The maximum Gasteiger partial charge on any atom is 0.416 e. The molecule has 0 aliphatic rings. The zero-order valence-corrected chi connectivity index (χ0v) is 18.3. The molecule has 174 valence electrons. The van der Waals surface area contributed by atoms with Gasteiger partial charge in [0.25, 0.3) is 0 Å². The third-order valence-electron chi connectivity index (χ3n) is 5.27. The van der Waals surface area contributed by atoms with Crippen molar-refractivity contribution in [2.75, 3.05) is 25.7 Å². The quantitative estimate of drug-likeness (QED) is 0.516. The van der Waals surface area contributed by atoms with E-state index in [0.717, 1.165) is 12.1 Å². The van der Waals surface area contributed by atoms with Gasteiger partial charge in [0.05, 0.1) is 19.8 Å². The summed E-state index contributed by atoms with van der Waals surface area (Å²) in [4.78, 5) is 14.9. The van der Waals surface area contributed by atoms with Crippen LogP contribution in [0.15, 0.2) is 72.8 Å². The number of nitrogens with zero attached hydrogens (tertiary/aromatic N) is 1. The number of hydrogen-bond donors (Lipinski definition) is 1. The molecule has 0 saturated carbocycles. The summed E-state index contributed by atoms with van der Waals surface area (Å²) in [5.41, 5.74) is 7.41. The summed E-state index contributed by atoms with van der Waals surface area (Å²) in [6.07, 6.45) is -4.07. The third-order valence-corrected chi connectivity index (χ3v) is 5.27. The first-order valence-electron chi connectivity index (χ1n) is 10.2. The van der Waals surface area contributed by atoms with Crippen LogP contribution < -0.4 is 20.1 Å².